The number of hydrogen-bond donors (Lipinski definition) is 1. The first-order valence-electron chi connectivity index (χ1n) is 9.79. The van der Waals surface area contributed by atoms with Gasteiger partial charge in [-0.05, 0) is 71.8 Å². The third-order valence-corrected chi connectivity index (χ3v) is 6.02. The second-order valence-corrected chi connectivity index (χ2v) is 8.13. The predicted octanol–water partition coefficient (Wildman–Crippen LogP) is 5.13. The van der Waals surface area contributed by atoms with Crippen molar-refractivity contribution in [3.63, 3.8) is 0 Å². The molecule has 3 nitrogen and oxygen atoms in total. The highest BCUT2D eigenvalue weighted by Gasteiger charge is 2.18. The van der Waals surface area contributed by atoms with Gasteiger partial charge in [0.25, 0.3) is 0 Å². The van der Waals surface area contributed by atoms with Crippen LogP contribution < -0.4 is 10.2 Å². The van der Waals surface area contributed by atoms with Crippen LogP contribution in [0.4, 0.5) is 5.69 Å². The number of aromatic nitrogens is 1. The van der Waals surface area contributed by atoms with Gasteiger partial charge >= 0.3 is 0 Å². The van der Waals surface area contributed by atoms with E-state index in [2.05, 4.69) is 70.4 Å². The van der Waals surface area contributed by atoms with E-state index in [1.54, 1.807) is 11.3 Å². The van der Waals surface area contributed by atoms with Crippen molar-refractivity contribution >= 4 is 17.0 Å². The lowest BCUT2D eigenvalue weighted by Crippen LogP contribution is -2.26. The molecule has 0 saturated carbocycles. The zero-order valence-corrected chi connectivity index (χ0v) is 16.7. The molecule has 1 atom stereocenters. The van der Waals surface area contributed by atoms with Crippen LogP contribution in [-0.2, 0) is 13.0 Å². The van der Waals surface area contributed by atoms with Crippen LogP contribution in [0.25, 0.3) is 0 Å². The zero-order valence-electron chi connectivity index (χ0n) is 15.9. The molecule has 0 spiro atoms. The maximum Gasteiger partial charge on any atom is 0.0576 e. The van der Waals surface area contributed by atoms with Gasteiger partial charge in [-0.15, -0.1) is 0 Å². The lowest BCUT2D eigenvalue weighted by molar-refractivity contribution is 0.518. The van der Waals surface area contributed by atoms with Crippen molar-refractivity contribution in [2.75, 3.05) is 18.0 Å². The Kier molecular flexibility index (Phi) is 5.85. The molecule has 1 saturated heterocycles. The van der Waals surface area contributed by atoms with Gasteiger partial charge < -0.3 is 10.2 Å². The topological polar surface area (TPSA) is 28.2 Å². The fourth-order valence-corrected chi connectivity index (χ4v) is 4.45. The maximum atomic E-state index is 4.70. The minimum Gasteiger partial charge on any atom is -0.371 e. The maximum absolute atomic E-state index is 4.70. The molecule has 1 N–H and O–H groups in total. The summed E-state index contributed by atoms with van der Waals surface area (Å²) in [6, 6.07) is 15.6. The Balaban J connectivity index is 1.52. The van der Waals surface area contributed by atoms with E-state index in [1.807, 2.05) is 6.20 Å². The molecule has 0 amide bonds. The summed E-state index contributed by atoms with van der Waals surface area (Å²) in [6.07, 6.45) is 5.53. The molecule has 4 heteroatoms. The van der Waals surface area contributed by atoms with Crippen LogP contribution >= 0.6 is 11.3 Å². The number of benzene rings is 1. The molecule has 1 aliphatic rings. The predicted molar refractivity (Wildman–Crippen MR) is 114 cm³/mol. The van der Waals surface area contributed by atoms with Gasteiger partial charge in [-0.3, -0.25) is 4.98 Å². The molecule has 0 unspecified atom stereocenters. The van der Waals surface area contributed by atoms with Gasteiger partial charge in [0.15, 0.2) is 0 Å². The van der Waals surface area contributed by atoms with Crippen LogP contribution in [0.1, 0.15) is 41.3 Å². The molecular formula is C23H27N3S. The molecule has 1 aliphatic heterocycles. The molecule has 1 fully saturated rings. The Bertz CT molecular complexity index is 836. The molecule has 0 aliphatic carbocycles. The van der Waals surface area contributed by atoms with Gasteiger partial charge in [0.05, 0.1) is 11.7 Å². The van der Waals surface area contributed by atoms with Crippen LogP contribution in [0, 0.1) is 6.92 Å². The van der Waals surface area contributed by atoms with Gasteiger partial charge in [-0.2, -0.15) is 11.3 Å². The van der Waals surface area contributed by atoms with E-state index in [4.69, 9.17) is 4.98 Å². The van der Waals surface area contributed by atoms with Crippen LogP contribution in [0.5, 0.6) is 0 Å². The lowest BCUT2D eigenvalue weighted by Gasteiger charge is -2.23. The number of anilines is 1. The quantitative estimate of drug-likeness (QED) is 0.619. The van der Waals surface area contributed by atoms with E-state index in [0.717, 1.165) is 18.7 Å². The second-order valence-electron chi connectivity index (χ2n) is 7.35. The number of nitrogens with one attached hydrogen (secondary N) is 1. The first-order valence-corrected chi connectivity index (χ1v) is 10.7. The number of pyridine rings is 1. The number of aryl methyl sites for hydroxylation is 1. The largest absolute Gasteiger partial charge is 0.371 e. The van der Waals surface area contributed by atoms with Gasteiger partial charge in [0, 0.05) is 31.5 Å². The normalized spacial score (nSPS) is 15.2. The van der Waals surface area contributed by atoms with E-state index in [-0.39, 0.29) is 6.04 Å². The molecule has 140 valence electrons. The number of rotatable bonds is 7. The van der Waals surface area contributed by atoms with Gasteiger partial charge in [0.1, 0.15) is 0 Å². The highest BCUT2D eigenvalue weighted by molar-refractivity contribution is 7.07. The van der Waals surface area contributed by atoms with E-state index in [0.29, 0.717) is 0 Å². The molecule has 27 heavy (non-hydrogen) atoms. The third-order valence-electron chi connectivity index (χ3n) is 5.29. The van der Waals surface area contributed by atoms with E-state index < -0.39 is 0 Å². The number of hydrogen-bond acceptors (Lipinski definition) is 4. The van der Waals surface area contributed by atoms with Crippen molar-refractivity contribution in [3.05, 3.63) is 81.8 Å². The third kappa shape index (κ3) is 4.57. The molecule has 2 aromatic heterocycles. The summed E-state index contributed by atoms with van der Waals surface area (Å²) in [5.41, 5.74) is 6.45. The number of para-hydroxylation sites is 1. The minimum absolute atomic E-state index is 0.215. The standard InChI is InChI=1S/C23H27N3S/c1-18-8-9-21(24-15-18)22(14-19-10-13-27-17-19)25-16-20-6-2-3-7-23(20)26-11-4-5-12-26/h2-3,6-10,13,15,17,22,25H,4-5,11-12,14,16H2,1H3/t22-/m1/s1. The Hall–Kier alpha value is -2.17. The van der Waals surface area contributed by atoms with Gasteiger partial charge in [-0.25, -0.2) is 0 Å². The SMILES string of the molecule is Cc1ccc([C@@H](Cc2ccsc2)NCc2ccccc2N2CCCC2)nc1. The van der Waals surface area contributed by atoms with Crippen molar-refractivity contribution in [3.8, 4) is 0 Å². The smallest absolute Gasteiger partial charge is 0.0576 e. The summed E-state index contributed by atoms with van der Waals surface area (Å²) in [7, 11) is 0. The van der Waals surface area contributed by atoms with Crippen molar-refractivity contribution in [1.82, 2.24) is 10.3 Å². The van der Waals surface area contributed by atoms with Crippen LogP contribution in [0.3, 0.4) is 0 Å². The number of nitrogens with zero attached hydrogens (tertiary/aromatic N) is 2. The zero-order chi connectivity index (χ0) is 18.5. The van der Waals surface area contributed by atoms with Crippen molar-refractivity contribution in [2.45, 2.75) is 38.8 Å². The van der Waals surface area contributed by atoms with Crippen LogP contribution in [0.2, 0.25) is 0 Å². The summed E-state index contributed by atoms with van der Waals surface area (Å²) in [4.78, 5) is 7.22. The first-order chi connectivity index (χ1) is 13.3. The summed E-state index contributed by atoms with van der Waals surface area (Å²) >= 11 is 1.76. The Morgan fingerprint density at radius 3 is 2.70 bits per heavy atom. The van der Waals surface area contributed by atoms with Crippen molar-refractivity contribution in [1.29, 1.82) is 0 Å². The first kappa shape index (κ1) is 18.2. The summed E-state index contributed by atoms with van der Waals surface area (Å²) in [5, 5.41) is 8.18. The number of thiophene rings is 1. The molecule has 0 radical (unpaired) electrons. The highest BCUT2D eigenvalue weighted by Crippen LogP contribution is 2.26. The Morgan fingerprint density at radius 2 is 1.96 bits per heavy atom. The van der Waals surface area contributed by atoms with Gasteiger partial charge in [-0.1, -0.05) is 24.3 Å². The summed E-state index contributed by atoms with van der Waals surface area (Å²) in [6.45, 7) is 5.30. The van der Waals surface area contributed by atoms with E-state index in [1.165, 1.54) is 48.3 Å². The average molecular weight is 378 g/mol. The molecule has 3 aromatic rings. The molecule has 4 rings (SSSR count). The van der Waals surface area contributed by atoms with Crippen molar-refractivity contribution in [2.24, 2.45) is 0 Å². The Labute approximate surface area is 166 Å². The van der Waals surface area contributed by atoms with Crippen molar-refractivity contribution < 1.29 is 0 Å². The molecule has 1 aromatic carbocycles. The second kappa shape index (κ2) is 8.68. The monoisotopic (exact) mass is 377 g/mol. The van der Waals surface area contributed by atoms with E-state index in [9.17, 15) is 0 Å². The molecular weight excluding hydrogens is 350 g/mol. The highest BCUT2D eigenvalue weighted by atomic mass is 32.1. The fraction of sp³-hybridized carbons (Fsp3) is 0.348. The van der Waals surface area contributed by atoms with Gasteiger partial charge in [0.2, 0.25) is 0 Å². The van der Waals surface area contributed by atoms with Crippen LogP contribution in [-0.4, -0.2) is 18.1 Å². The summed E-state index contributed by atoms with van der Waals surface area (Å²) in [5.74, 6) is 0. The molecule has 3 heterocycles. The van der Waals surface area contributed by atoms with Crippen LogP contribution in [0.15, 0.2) is 59.4 Å². The fourth-order valence-electron chi connectivity index (χ4n) is 3.77. The summed E-state index contributed by atoms with van der Waals surface area (Å²) < 4.78 is 0. The minimum atomic E-state index is 0.215. The lowest BCUT2D eigenvalue weighted by atomic mass is 10.0. The molecule has 0 bridgehead atoms. The van der Waals surface area contributed by atoms with E-state index >= 15 is 0 Å². The average Bonchev–Trinajstić information content (AvgIpc) is 3.40. The Morgan fingerprint density at radius 1 is 1.11 bits per heavy atom.